The lowest BCUT2D eigenvalue weighted by molar-refractivity contribution is -0.116. The lowest BCUT2D eigenvalue weighted by Crippen LogP contribution is -2.55. The summed E-state index contributed by atoms with van der Waals surface area (Å²) in [5.41, 5.74) is 0.0940. The fourth-order valence-electron chi connectivity index (χ4n) is 1.95. The van der Waals surface area contributed by atoms with E-state index >= 15 is 0 Å². The van der Waals surface area contributed by atoms with Gasteiger partial charge in [-0.05, 0) is 25.4 Å². The number of amides is 1. The molecular weight excluding hydrogens is 306 g/mol. The molecule has 1 aromatic rings. The summed E-state index contributed by atoms with van der Waals surface area (Å²) in [6, 6.07) is 0. The average Bonchev–Trinajstić information content (AvgIpc) is 2.79. The summed E-state index contributed by atoms with van der Waals surface area (Å²) < 4.78 is 9.56. The first kappa shape index (κ1) is 12.9. The van der Waals surface area contributed by atoms with E-state index < -0.39 is 0 Å². The number of hydrogen-bond acceptors (Lipinski definition) is 5. The van der Waals surface area contributed by atoms with E-state index in [9.17, 15) is 4.79 Å². The van der Waals surface area contributed by atoms with Crippen LogP contribution in [0.3, 0.4) is 0 Å². The SMILES string of the molecule is CC1(C)CN(C(=O)c2csnn2)CC(CBr)O1. The van der Waals surface area contributed by atoms with Crippen LogP contribution in [0.2, 0.25) is 0 Å². The predicted molar refractivity (Wildman–Crippen MR) is 68.6 cm³/mol. The molecule has 1 aliphatic rings. The maximum Gasteiger partial charge on any atom is 0.275 e. The van der Waals surface area contributed by atoms with Gasteiger partial charge in [-0.2, -0.15) is 0 Å². The normalized spacial score (nSPS) is 23.7. The van der Waals surface area contributed by atoms with Crippen LogP contribution >= 0.6 is 27.5 Å². The minimum Gasteiger partial charge on any atom is -0.368 e. The Labute approximate surface area is 112 Å². The smallest absolute Gasteiger partial charge is 0.275 e. The molecule has 0 aromatic carbocycles. The van der Waals surface area contributed by atoms with E-state index in [0.717, 1.165) is 5.33 Å². The van der Waals surface area contributed by atoms with Crippen LogP contribution in [0.4, 0.5) is 0 Å². The highest BCUT2D eigenvalue weighted by atomic mass is 79.9. The Morgan fingerprint density at radius 3 is 3.12 bits per heavy atom. The van der Waals surface area contributed by atoms with Gasteiger partial charge in [0.25, 0.3) is 5.91 Å². The van der Waals surface area contributed by atoms with Crippen LogP contribution in [0, 0.1) is 0 Å². The van der Waals surface area contributed by atoms with Crippen molar-refractivity contribution in [3.63, 3.8) is 0 Å². The van der Waals surface area contributed by atoms with Gasteiger partial charge in [-0.1, -0.05) is 20.4 Å². The molecular formula is C10H14BrN3O2S. The van der Waals surface area contributed by atoms with Gasteiger partial charge >= 0.3 is 0 Å². The Hall–Kier alpha value is -0.530. The van der Waals surface area contributed by atoms with Crippen LogP contribution in [0.1, 0.15) is 24.3 Å². The molecule has 1 atom stereocenters. The predicted octanol–water partition coefficient (Wildman–Crippen LogP) is 1.55. The van der Waals surface area contributed by atoms with Crippen LogP contribution in [0.25, 0.3) is 0 Å². The number of rotatable bonds is 2. The molecule has 1 saturated heterocycles. The van der Waals surface area contributed by atoms with Crippen molar-refractivity contribution in [2.75, 3.05) is 18.4 Å². The van der Waals surface area contributed by atoms with Crippen molar-refractivity contribution in [3.05, 3.63) is 11.1 Å². The second kappa shape index (κ2) is 4.99. The van der Waals surface area contributed by atoms with Crippen LogP contribution in [-0.2, 0) is 4.74 Å². The summed E-state index contributed by atoms with van der Waals surface area (Å²) in [6.45, 7) is 5.14. The molecule has 2 heterocycles. The fourth-order valence-corrected chi connectivity index (χ4v) is 2.72. The molecule has 1 amide bonds. The molecule has 1 unspecified atom stereocenters. The number of hydrogen-bond donors (Lipinski definition) is 0. The summed E-state index contributed by atoms with van der Waals surface area (Å²) in [4.78, 5) is 14.0. The molecule has 17 heavy (non-hydrogen) atoms. The first-order chi connectivity index (χ1) is 8.02. The number of morpholine rings is 1. The van der Waals surface area contributed by atoms with Crippen molar-refractivity contribution in [2.24, 2.45) is 0 Å². The molecule has 0 saturated carbocycles. The fraction of sp³-hybridized carbons (Fsp3) is 0.700. The number of halogens is 1. The van der Waals surface area contributed by atoms with Gasteiger partial charge in [-0.3, -0.25) is 4.79 Å². The third kappa shape index (κ3) is 3.02. The summed E-state index contributed by atoms with van der Waals surface area (Å²) in [5, 5.41) is 6.21. The first-order valence-electron chi connectivity index (χ1n) is 5.32. The number of ether oxygens (including phenoxy) is 1. The van der Waals surface area contributed by atoms with Crippen molar-refractivity contribution in [1.29, 1.82) is 0 Å². The molecule has 1 fully saturated rings. The number of carbonyl (C=O) groups excluding carboxylic acids is 1. The molecule has 0 bridgehead atoms. The molecule has 2 rings (SSSR count). The van der Waals surface area contributed by atoms with Crippen molar-refractivity contribution in [3.8, 4) is 0 Å². The summed E-state index contributed by atoms with van der Waals surface area (Å²) in [7, 11) is 0. The number of aromatic nitrogens is 2. The van der Waals surface area contributed by atoms with Crippen LogP contribution < -0.4 is 0 Å². The van der Waals surface area contributed by atoms with Gasteiger partial charge in [0, 0.05) is 23.8 Å². The Morgan fingerprint density at radius 2 is 2.53 bits per heavy atom. The maximum absolute atomic E-state index is 12.2. The minimum atomic E-state index is -0.324. The van der Waals surface area contributed by atoms with E-state index in [1.165, 1.54) is 11.5 Å². The van der Waals surface area contributed by atoms with Gasteiger partial charge in [-0.25, -0.2) is 0 Å². The van der Waals surface area contributed by atoms with Gasteiger partial charge in [0.1, 0.15) is 0 Å². The lowest BCUT2D eigenvalue weighted by atomic mass is 10.1. The van der Waals surface area contributed by atoms with E-state index in [1.54, 1.807) is 10.3 Å². The molecule has 94 valence electrons. The maximum atomic E-state index is 12.2. The van der Waals surface area contributed by atoms with Crippen molar-refractivity contribution < 1.29 is 9.53 Å². The highest BCUT2D eigenvalue weighted by Crippen LogP contribution is 2.23. The number of alkyl halides is 1. The molecule has 0 spiro atoms. The van der Waals surface area contributed by atoms with Crippen molar-refractivity contribution in [2.45, 2.75) is 25.6 Å². The summed E-state index contributed by atoms with van der Waals surface area (Å²) in [5.74, 6) is -0.0684. The zero-order valence-electron chi connectivity index (χ0n) is 9.72. The van der Waals surface area contributed by atoms with Crippen LogP contribution in [0.5, 0.6) is 0 Å². The summed E-state index contributed by atoms with van der Waals surface area (Å²) in [6.07, 6.45) is 0.0225. The van der Waals surface area contributed by atoms with Gasteiger partial charge in [0.05, 0.1) is 11.7 Å². The molecule has 5 nitrogen and oxygen atoms in total. The van der Waals surface area contributed by atoms with E-state index in [4.69, 9.17) is 4.74 Å². The minimum absolute atomic E-state index is 0.0225. The van der Waals surface area contributed by atoms with Gasteiger partial charge < -0.3 is 9.64 Å². The first-order valence-corrected chi connectivity index (χ1v) is 7.28. The Balaban J connectivity index is 2.12. The lowest BCUT2D eigenvalue weighted by Gasteiger charge is -2.42. The number of nitrogens with zero attached hydrogens (tertiary/aromatic N) is 3. The average molecular weight is 320 g/mol. The number of carbonyl (C=O) groups is 1. The monoisotopic (exact) mass is 319 g/mol. The Bertz CT molecular complexity index is 396. The van der Waals surface area contributed by atoms with E-state index in [1.807, 2.05) is 13.8 Å². The van der Waals surface area contributed by atoms with Gasteiger partial charge in [0.15, 0.2) is 5.69 Å². The zero-order chi connectivity index (χ0) is 12.5. The second-order valence-electron chi connectivity index (χ2n) is 4.63. The molecule has 0 aliphatic carbocycles. The van der Waals surface area contributed by atoms with Crippen molar-refractivity contribution in [1.82, 2.24) is 14.5 Å². The van der Waals surface area contributed by atoms with Gasteiger partial charge in [0.2, 0.25) is 0 Å². The summed E-state index contributed by atoms with van der Waals surface area (Å²) >= 11 is 4.59. The Morgan fingerprint density at radius 1 is 1.76 bits per heavy atom. The molecule has 0 N–H and O–H groups in total. The van der Waals surface area contributed by atoms with Crippen LogP contribution in [-0.4, -0.2) is 50.5 Å². The third-order valence-corrected chi connectivity index (χ3v) is 3.75. The Kier molecular flexibility index (Phi) is 3.79. The quantitative estimate of drug-likeness (QED) is 0.776. The van der Waals surface area contributed by atoms with E-state index in [2.05, 4.69) is 25.5 Å². The topological polar surface area (TPSA) is 55.3 Å². The molecule has 7 heteroatoms. The molecule has 0 radical (unpaired) electrons. The second-order valence-corrected chi connectivity index (χ2v) is 5.89. The van der Waals surface area contributed by atoms with E-state index in [-0.39, 0.29) is 17.6 Å². The largest absolute Gasteiger partial charge is 0.368 e. The van der Waals surface area contributed by atoms with Crippen LogP contribution in [0.15, 0.2) is 5.38 Å². The molecule has 1 aromatic heterocycles. The van der Waals surface area contributed by atoms with Gasteiger partial charge in [-0.15, -0.1) is 5.10 Å². The zero-order valence-corrected chi connectivity index (χ0v) is 12.1. The highest BCUT2D eigenvalue weighted by molar-refractivity contribution is 9.09. The highest BCUT2D eigenvalue weighted by Gasteiger charge is 2.35. The van der Waals surface area contributed by atoms with E-state index in [0.29, 0.717) is 18.8 Å². The standard InChI is InChI=1S/C10H14BrN3O2S/c1-10(2)6-14(4-7(3-11)16-10)9(15)8-5-17-13-12-8/h5,7H,3-4,6H2,1-2H3. The molecule has 1 aliphatic heterocycles. The van der Waals surface area contributed by atoms with Crippen molar-refractivity contribution >= 4 is 33.4 Å². The third-order valence-electron chi connectivity index (χ3n) is 2.52.